The van der Waals surface area contributed by atoms with Crippen LogP contribution in [-0.2, 0) is 20.9 Å². The molecule has 0 unspecified atom stereocenters. The second-order valence-corrected chi connectivity index (χ2v) is 10.4. The highest BCUT2D eigenvalue weighted by molar-refractivity contribution is 6.39. The molecule has 0 bridgehead atoms. The Hall–Kier alpha value is -4.19. The second-order valence-electron chi connectivity index (χ2n) is 10.4. The molecule has 0 fully saturated rings. The smallest absolute Gasteiger partial charge is 0.278 e. The molecule has 0 atom stereocenters. The van der Waals surface area contributed by atoms with Gasteiger partial charge in [-0.15, -0.1) is 0 Å². The second kappa shape index (κ2) is 10.6. The zero-order valence-electron chi connectivity index (χ0n) is 22.7. The number of aliphatic hydroxyl groups excluding tert-OH is 2. The summed E-state index contributed by atoms with van der Waals surface area (Å²) >= 11 is 0. The van der Waals surface area contributed by atoms with Gasteiger partial charge in [0.1, 0.15) is 6.61 Å². The van der Waals surface area contributed by atoms with Gasteiger partial charge in [-0.05, 0) is 56.1 Å². The molecule has 3 amide bonds. The summed E-state index contributed by atoms with van der Waals surface area (Å²) < 4.78 is 10.7. The van der Waals surface area contributed by atoms with Crippen molar-refractivity contribution in [3.05, 3.63) is 70.8 Å². The highest BCUT2D eigenvalue weighted by Gasteiger charge is 2.34. The number of nitrogens with zero attached hydrogens (tertiary/aromatic N) is 2. The quantitative estimate of drug-likeness (QED) is 0.114. The predicted molar refractivity (Wildman–Crippen MR) is 155 cm³/mol. The monoisotopic (exact) mass is 568 g/mol. The van der Waals surface area contributed by atoms with Crippen LogP contribution in [0.1, 0.15) is 36.6 Å². The Morgan fingerprint density at radius 1 is 0.595 bits per heavy atom. The van der Waals surface area contributed by atoms with Crippen molar-refractivity contribution in [1.29, 1.82) is 0 Å². The van der Waals surface area contributed by atoms with Gasteiger partial charge in [-0.3, -0.25) is 24.1 Å². The summed E-state index contributed by atoms with van der Waals surface area (Å²) in [6.45, 7) is 1.00. The first-order valence-corrected chi connectivity index (χ1v) is 13.9. The van der Waals surface area contributed by atoms with Crippen LogP contribution in [0.15, 0.2) is 48.5 Å². The Morgan fingerprint density at radius 3 is 1.67 bits per heavy atom. The Labute approximate surface area is 239 Å². The third kappa shape index (κ3) is 3.95. The lowest BCUT2D eigenvalue weighted by Crippen LogP contribution is -2.42. The molecular formula is C32H28N2O8. The molecule has 42 heavy (non-hydrogen) atoms. The van der Waals surface area contributed by atoms with Gasteiger partial charge < -0.3 is 19.7 Å². The number of carbonyl (C=O) groups excluding carboxylic acids is 3. The van der Waals surface area contributed by atoms with Crippen LogP contribution in [0.2, 0.25) is 0 Å². The molecule has 2 aliphatic heterocycles. The molecule has 0 aliphatic carbocycles. The minimum atomic E-state index is -0.373. The minimum absolute atomic E-state index is 0.0937. The fraction of sp³-hybridized carbons (Fsp3) is 0.281. The fourth-order valence-corrected chi connectivity index (χ4v) is 6.34. The maximum atomic E-state index is 13.6. The van der Waals surface area contributed by atoms with Crippen LogP contribution in [-0.4, -0.2) is 90.6 Å². The first kappa shape index (κ1) is 26.7. The Kier molecular flexibility index (Phi) is 6.72. The summed E-state index contributed by atoms with van der Waals surface area (Å²) in [5, 5.41) is 26.1. The first-order chi connectivity index (χ1) is 20.5. The molecule has 214 valence electrons. The van der Waals surface area contributed by atoms with E-state index < -0.39 is 0 Å². The van der Waals surface area contributed by atoms with E-state index in [-0.39, 0.29) is 77.1 Å². The molecule has 10 nitrogen and oxygen atoms in total. The van der Waals surface area contributed by atoms with Crippen molar-refractivity contribution in [3.8, 4) is 0 Å². The number of hydrogen-bond donors (Lipinski definition) is 2. The molecule has 0 saturated carbocycles. The van der Waals surface area contributed by atoms with Gasteiger partial charge in [0.15, 0.2) is 0 Å². The number of imide groups is 1. The third-order valence-corrected chi connectivity index (χ3v) is 8.14. The van der Waals surface area contributed by atoms with Gasteiger partial charge in [0.25, 0.3) is 17.7 Å². The van der Waals surface area contributed by atoms with E-state index in [1.54, 1.807) is 12.1 Å². The van der Waals surface area contributed by atoms with Gasteiger partial charge in [-0.1, -0.05) is 30.3 Å². The molecule has 0 spiro atoms. The average molecular weight is 569 g/mol. The maximum Gasteiger partial charge on any atom is 0.278 e. The molecule has 2 N–H and O–H groups in total. The molecule has 5 aromatic rings. The van der Waals surface area contributed by atoms with Crippen molar-refractivity contribution in [3.63, 3.8) is 0 Å². The largest absolute Gasteiger partial charge is 0.394 e. The number of amides is 3. The van der Waals surface area contributed by atoms with Crippen LogP contribution in [0, 0.1) is 0 Å². The molecule has 2 aliphatic rings. The van der Waals surface area contributed by atoms with Gasteiger partial charge in [0.05, 0.1) is 52.7 Å². The summed E-state index contributed by atoms with van der Waals surface area (Å²) in [5.74, 6) is -1.01. The molecule has 5 aromatic carbocycles. The lowest BCUT2D eigenvalue weighted by Gasteiger charge is -2.28. The summed E-state index contributed by atoms with van der Waals surface area (Å²) in [4.78, 5) is 47.7. The number of carbonyl (C=O) groups is 3. The van der Waals surface area contributed by atoms with Gasteiger partial charge >= 0.3 is 0 Å². The fourth-order valence-electron chi connectivity index (χ4n) is 6.34. The summed E-state index contributed by atoms with van der Waals surface area (Å²) in [6, 6.07) is 15.1. The van der Waals surface area contributed by atoms with Crippen LogP contribution in [0.4, 0.5) is 0 Å². The maximum absolute atomic E-state index is 13.6. The SMILES string of the molecule is O=C1c2ccc3c4ccc5c6c(ccc(c7ccc(c2c73)CON1CCOCCO)c64)C(=O)N(CCOCCO)C5=O. The Morgan fingerprint density at radius 2 is 1.10 bits per heavy atom. The predicted octanol–water partition coefficient (Wildman–Crippen LogP) is 3.24. The van der Waals surface area contributed by atoms with Crippen molar-refractivity contribution < 1.29 is 38.9 Å². The zero-order chi connectivity index (χ0) is 29.0. The van der Waals surface area contributed by atoms with E-state index in [0.717, 1.165) is 43.3 Å². The summed E-state index contributed by atoms with van der Waals surface area (Å²) in [6.07, 6.45) is 0. The van der Waals surface area contributed by atoms with Crippen molar-refractivity contribution in [1.82, 2.24) is 9.96 Å². The normalized spacial score (nSPS) is 15.2. The van der Waals surface area contributed by atoms with Crippen molar-refractivity contribution in [2.45, 2.75) is 6.61 Å². The third-order valence-electron chi connectivity index (χ3n) is 8.14. The average Bonchev–Trinajstić information content (AvgIpc) is 3.15. The highest BCUT2D eigenvalue weighted by Crippen LogP contribution is 2.45. The molecule has 0 saturated heterocycles. The number of ether oxygens (including phenoxy) is 2. The van der Waals surface area contributed by atoms with E-state index >= 15 is 0 Å². The number of hydroxylamine groups is 2. The molecular weight excluding hydrogens is 540 g/mol. The first-order valence-electron chi connectivity index (χ1n) is 13.9. The Balaban J connectivity index is 1.39. The molecule has 10 heteroatoms. The van der Waals surface area contributed by atoms with E-state index in [2.05, 4.69) is 0 Å². The van der Waals surface area contributed by atoms with Gasteiger partial charge in [0, 0.05) is 27.5 Å². The van der Waals surface area contributed by atoms with E-state index in [1.807, 2.05) is 36.4 Å². The standard InChI is InChI=1S/C32H28N2O8/c35-11-15-40-13-9-33-30(37)24-7-4-21-19-2-1-18-17-42-34(10-14-41-16-12-36)32(39)23-6-3-20(27(19)26(18)23)22-5-8-25(31(33)38)29(24)28(21)22/h1-8,35-36H,9-17H2. The molecule has 2 heterocycles. The molecule has 7 rings (SSSR count). The summed E-state index contributed by atoms with van der Waals surface area (Å²) in [7, 11) is 0. The van der Waals surface area contributed by atoms with Crippen LogP contribution in [0.5, 0.6) is 0 Å². The van der Waals surface area contributed by atoms with Gasteiger partial charge in [-0.2, -0.15) is 0 Å². The van der Waals surface area contributed by atoms with E-state index in [4.69, 9.17) is 24.5 Å². The topological polar surface area (TPSA) is 126 Å². The van der Waals surface area contributed by atoms with Gasteiger partial charge in [0.2, 0.25) is 0 Å². The Bertz CT molecular complexity index is 1830. The van der Waals surface area contributed by atoms with Crippen LogP contribution in [0.25, 0.3) is 43.1 Å². The lowest BCUT2D eigenvalue weighted by molar-refractivity contribution is -0.140. The van der Waals surface area contributed by atoms with Crippen molar-refractivity contribution >= 4 is 60.8 Å². The number of benzene rings is 5. The minimum Gasteiger partial charge on any atom is -0.394 e. The van der Waals surface area contributed by atoms with Crippen LogP contribution < -0.4 is 0 Å². The van der Waals surface area contributed by atoms with E-state index in [0.29, 0.717) is 22.1 Å². The zero-order valence-corrected chi connectivity index (χ0v) is 22.7. The lowest BCUT2D eigenvalue weighted by atomic mass is 9.83. The van der Waals surface area contributed by atoms with Gasteiger partial charge in [-0.25, -0.2) is 5.06 Å². The van der Waals surface area contributed by atoms with Crippen molar-refractivity contribution in [2.75, 3.05) is 52.7 Å². The van der Waals surface area contributed by atoms with E-state index in [1.165, 1.54) is 9.96 Å². The highest BCUT2D eigenvalue weighted by atomic mass is 16.7. The van der Waals surface area contributed by atoms with Crippen LogP contribution >= 0.6 is 0 Å². The molecule has 0 aromatic heterocycles. The summed E-state index contributed by atoms with van der Waals surface area (Å²) in [5.41, 5.74) is 2.33. The van der Waals surface area contributed by atoms with Crippen LogP contribution in [0.3, 0.4) is 0 Å². The van der Waals surface area contributed by atoms with E-state index in [9.17, 15) is 14.4 Å². The van der Waals surface area contributed by atoms with Crippen molar-refractivity contribution in [2.24, 2.45) is 0 Å². The molecule has 0 radical (unpaired) electrons. The number of fused-ring (bicyclic) bond motifs is 2. The number of rotatable bonds is 10. The number of aliphatic hydroxyl groups is 2. The number of hydrogen-bond acceptors (Lipinski definition) is 8.